The fourth-order valence-electron chi connectivity index (χ4n) is 6.84. The van der Waals surface area contributed by atoms with E-state index in [-0.39, 0.29) is 23.3 Å². The normalized spacial score (nSPS) is 30.0. The van der Waals surface area contributed by atoms with Gasteiger partial charge in [0.25, 0.3) is 5.91 Å². The van der Waals surface area contributed by atoms with Crippen molar-refractivity contribution in [1.29, 1.82) is 0 Å². The highest BCUT2D eigenvalue weighted by atomic mass is 16.5. The molecule has 0 saturated heterocycles. The van der Waals surface area contributed by atoms with Crippen molar-refractivity contribution in [2.45, 2.75) is 69.6 Å². The van der Waals surface area contributed by atoms with Gasteiger partial charge in [0.1, 0.15) is 28.9 Å². The van der Waals surface area contributed by atoms with E-state index in [0.717, 1.165) is 6.42 Å². The molecule has 2 fully saturated rings. The number of aromatic hydroxyl groups is 1. The number of hydrogen-bond donors (Lipinski definition) is 5. The molecule has 4 aliphatic rings. The summed E-state index contributed by atoms with van der Waals surface area (Å²) in [6, 6.07) is 2.06. The Hall–Kier alpha value is -3.70. The number of phenols is 1. The molecule has 11 nitrogen and oxygen atoms in total. The summed E-state index contributed by atoms with van der Waals surface area (Å²) in [6.07, 6.45) is 0.677. The number of benzene rings is 1. The number of fused-ring (bicyclic) bond motifs is 3. The molecule has 0 heterocycles. The van der Waals surface area contributed by atoms with Crippen LogP contribution < -0.4 is 5.73 Å². The van der Waals surface area contributed by atoms with Crippen LogP contribution in [0.4, 0.5) is 0 Å². The van der Waals surface area contributed by atoms with Gasteiger partial charge >= 0.3 is 5.97 Å². The number of carbonyl (C=O) groups is 4. The van der Waals surface area contributed by atoms with E-state index >= 15 is 0 Å². The number of nitrogens with two attached hydrogens (primary N) is 1. The number of rotatable bonds is 4. The van der Waals surface area contributed by atoms with Crippen molar-refractivity contribution >= 4 is 29.2 Å². The number of hydrogen-bond acceptors (Lipinski definition) is 10. The molecule has 0 spiro atoms. The molecular formula is C30H36N2O9. The maximum atomic E-state index is 14.2. The molecule has 1 amide bonds. The minimum atomic E-state index is -2.94. The number of phenolic OH excluding ortho intramolecular Hbond substituents is 1. The Bertz CT molecular complexity index is 1450. The Morgan fingerprint density at radius 3 is 2.24 bits per heavy atom. The predicted molar refractivity (Wildman–Crippen MR) is 146 cm³/mol. The van der Waals surface area contributed by atoms with E-state index in [1.165, 1.54) is 19.0 Å². The van der Waals surface area contributed by atoms with Gasteiger partial charge in [0.2, 0.25) is 5.78 Å². The Balaban J connectivity index is 1.79. The maximum absolute atomic E-state index is 14.2. The lowest BCUT2D eigenvalue weighted by atomic mass is 9.56. The summed E-state index contributed by atoms with van der Waals surface area (Å²) in [5.41, 5.74) is 1.63. The van der Waals surface area contributed by atoms with Crippen LogP contribution in [0.5, 0.6) is 5.75 Å². The van der Waals surface area contributed by atoms with E-state index in [2.05, 4.69) is 0 Å². The molecule has 5 atom stereocenters. The molecule has 0 radical (unpaired) electrons. The van der Waals surface area contributed by atoms with Gasteiger partial charge in [-0.2, -0.15) is 0 Å². The average molecular weight is 569 g/mol. The van der Waals surface area contributed by atoms with Crippen molar-refractivity contribution in [1.82, 2.24) is 4.90 Å². The molecule has 4 aliphatic carbocycles. The quantitative estimate of drug-likeness (QED) is 0.264. The van der Waals surface area contributed by atoms with E-state index in [0.29, 0.717) is 24.0 Å². The van der Waals surface area contributed by atoms with E-state index in [4.69, 9.17) is 10.5 Å². The van der Waals surface area contributed by atoms with Crippen LogP contribution in [0.25, 0.3) is 5.76 Å². The number of ether oxygens (including phenoxy) is 1. The molecule has 6 N–H and O–H groups in total. The monoisotopic (exact) mass is 568 g/mol. The predicted octanol–water partition coefficient (Wildman–Crippen LogP) is 1.58. The number of aliphatic hydroxyl groups excluding tert-OH is 2. The molecule has 0 aromatic heterocycles. The highest BCUT2D eigenvalue weighted by Crippen LogP contribution is 2.54. The van der Waals surface area contributed by atoms with Crippen molar-refractivity contribution < 1.29 is 44.3 Å². The van der Waals surface area contributed by atoms with E-state index < -0.39 is 81.4 Å². The third kappa shape index (κ3) is 4.00. The first-order valence-electron chi connectivity index (χ1n) is 13.7. The fraction of sp³-hybridized carbons (Fsp3) is 0.533. The topological polar surface area (TPSA) is 188 Å². The van der Waals surface area contributed by atoms with Crippen LogP contribution in [0.2, 0.25) is 0 Å². The second-order valence-electron chi connectivity index (χ2n) is 12.8. The lowest BCUT2D eigenvalue weighted by molar-refractivity contribution is -0.188. The van der Waals surface area contributed by atoms with Gasteiger partial charge in [-0.25, -0.2) is 0 Å². The van der Waals surface area contributed by atoms with Crippen LogP contribution in [0.15, 0.2) is 29.0 Å². The highest BCUT2D eigenvalue weighted by molar-refractivity contribution is 6.24. The van der Waals surface area contributed by atoms with E-state index in [1.54, 1.807) is 12.1 Å². The summed E-state index contributed by atoms with van der Waals surface area (Å²) in [5.74, 6) is -9.10. The molecule has 0 unspecified atom stereocenters. The van der Waals surface area contributed by atoms with Crippen molar-refractivity contribution in [3.8, 4) is 5.75 Å². The summed E-state index contributed by atoms with van der Waals surface area (Å²) in [7, 11) is 2.98. The summed E-state index contributed by atoms with van der Waals surface area (Å²) in [4.78, 5) is 54.7. The number of primary amides is 1. The Kier molecular flexibility index (Phi) is 6.62. The third-order valence-corrected chi connectivity index (χ3v) is 9.14. The van der Waals surface area contributed by atoms with Gasteiger partial charge in [0, 0.05) is 17.1 Å². The van der Waals surface area contributed by atoms with Gasteiger partial charge in [0.05, 0.1) is 23.4 Å². The van der Waals surface area contributed by atoms with Crippen LogP contribution in [0.1, 0.15) is 56.7 Å². The second kappa shape index (κ2) is 9.42. The number of nitrogens with zero attached hydrogens (tertiary/aromatic N) is 1. The molecule has 5 rings (SSSR count). The van der Waals surface area contributed by atoms with Crippen LogP contribution in [0.3, 0.4) is 0 Å². The maximum Gasteiger partial charge on any atom is 0.309 e. The van der Waals surface area contributed by atoms with Crippen molar-refractivity contribution in [2.24, 2.45) is 23.5 Å². The van der Waals surface area contributed by atoms with Gasteiger partial charge in [0.15, 0.2) is 11.4 Å². The van der Waals surface area contributed by atoms with Crippen LogP contribution >= 0.6 is 0 Å². The van der Waals surface area contributed by atoms with Gasteiger partial charge in [-0.3, -0.25) is 24.1 Å². The Morgan fingerprint density at radius 1 is 1.10 bits per heavy atom. The van der Waals surface area contributed by atoms with Crippen molar-refractivity contribution in [2.75, 3.05) is 14.1 Å². The first kappa shape index (κ1) is 28.8. The van der Waals surface area contributed by atoms with Crippen LogP contribution in [-0.2, 0) is 35.8 Å². The smallest absolute Gasteiger partial charge is 0.309 e. The van der Waals surface area contributed by atoms with E-state index in [1.807, 2.05) is 20.8 Å². The molecule has 2 saturated carbocycles. The minimum Gasteiger partial charge on any atom is -0.508 e. The number of likely N-dealkylation sites (N-methyl/N-ethyl adjacent to an activating group) is 1. The van der Waals surface area contributed by atoms with E-state index in [9.17, 15) is 39.6 Å². The summed E-state index contributed by atoms with van der Waals surface area (Å²) in [6.45, 7) is 5.61. The zero-order valence-corrected chi connectivity index (χ0v) is 23.7. The van der Waals surface area contributed by atoms with Gasteiger partial charge in [-0.1, -0.05) is 39.3 Å². The largest absolute Gasteiger partial charge is 0.508 e. The molecule has 0 bridgehead atoms. The van der Waals surface area contributed by atoms with Crippen molar-refractivity contribution in [3.05, 3.63) is 45.7 Å². The zero-order chi connectivity index (χ0) is 30.3. The van der Waals surface area contributed by atoms with Gasteiger partial charge in [-0.05, 0) is 44.3 Å². The van der Waals surface area contributed by atoms with Gasteiger partial charge in [-0.15, -0.1) is 0 Å². The molecule has 41 heavy (non-hydrogen) atoms. The molecule has 220 valence electrons. The number of ketones is 2. The number of aliphatic hydroxyl groups is 3. The van der Waals surface area contributed by atoms with Gasteiger partial charge < -0.3 is 30.9 Å². The molecule has 11 heteroatoms. The number of carbonyl (C=O) groups excluding carboxylic acids is 4. The minimum absolute atomic E-state index is 0.00205. The summed E-state index contributed by atoms with van der Waals surface area (Å²) < 4.78 is 6.00. The Morgan fingerprint density at radius 2 is 1.73 bits per heavy atom. The molecule has 1 aromatic rings. The van der Waals surface area contributed by atoms with Crippen molar-refractivity contribution in [3.63, 3.8) is 0 Å². The number of Topliss-reactive ketones (excluding diaryl/α,β-unsaturated/α-hetero) is 2. The van der Waals surface area contributed by atoms with Crippen LogP contribution in [-0.4, -0.2) is 80.6 Å². The summed E-state index contributed by atoms with van der Waals surface area (Å²) >= 11 is 0. The standard InChI is InChI=1S/C30H36N2O9/c1-29(2,3)15-10-9-13-11-14-17(22(34)16(13)21(15)33)25(36)30(40)19(24(14)41-28(39)12-7-6-8-12)20(32(4)5)23(35)18(26(30)37)27(31)38/h9-10,12,14,19-20,24,33-34,37,40H,6-8,11H2,1-5H3,(H2,31,38)/t14-,19-,20+,24+,30+/m0/s1. The summed E-state index contributed by atoms with van der Waals surface area (Å²) in [5, 5.41) is 46.1. The Labute approximate surface area is 237 Å². The molecule has 0 aliphatic heterocycles. The lowest BCUT2D eigenvalue weighted by Gasteiger charge is -2.53. The average Bonchev–Trinajstić information content (AvgIpc) is 2.81. The first-order valence-corrected chi connectivity index (χ1v) is 13.7. The zero-order valence-electron chi connectivity index (χ0n) is 23.7. The SMILES string of the molecule is CN(C)[C@H]1C(=O)C(C(N)=O)=C(O)[C@]2(O)C(=O)C3=C(O)c4c(ccc(C(C)(C)C)c4O)C[C@@H]3[C@@H](OC(=O)C3CCC3)[C@H]12. The first-order chi connectivity index (χ1) is 19.0. The number of esters is 1. The lowest BCUT2D eigenvalue weighted by Crippen LogP contribution is -2.71. The third-order valence-electron chi connectivity index (χ3n) is 9.14. The molecular weight excluding hydrogens is 532 g/mol. The fourth-order valence-corrected chi connectivity index (χ4v) is 6.84. The highest BCUT2D eigenvalue weighted by Gasteiger charge is 2.69. The second-order valence-corrected chi connectivity index (χ2v) is 12.8. The number of amides is 1. The van der Waals surface area contributed by atoms with Crippen LogP contribution in [0, 0.1) is 17.8 Å². The molecule has 1 aromatic carbocycles.